The van der Waals surface area contributed by atoms with Gasteiger partial charge in [-0.1, -0.05) is 6.92 Å². The fourth-order valence-electron chi connectivity index (χ4n) is 3.42. The highest BCUT2D eigenvalue weighted by Crippen LogP contribution is 2.28. The minimum absolute atomic E-state index is 0.473. The summed E-state index contributed by atoms with van der Waals surface area (Å²) in [6, 6.07) is 2.03. The second-order valence-corrected chi connectivity index (χ2v) is 6.03. The van der Waals surface area contributed by atoms with Crippen molar-refractivity contribution in [2.24, 2.45) is 11.7 Å². The van der Waals surface area contributed by atoms with E-state index in [9.17, 15) is 0 Å². The van der Waals surface area contributed by atoms with E-state index in [0.29, 0.717) is 6.04 Å². The number of nitrogens with zero attached hydrogens (tertiary/aromatic N) is 2. The van der Waals surface area contributed by atoms with Crippen LogP contribution < -0.4 is 5.73 Å². The van der Waals surface area contributed by atoms with Crippen molar-refractivity contribution in [1.82, 2.24) is 9.80 Å². The quantitative estimate of drug-likeness (QED) is 0.765. The zero-order valence-electron chi connectivity index (χ0n) is 11.0. The fraction of sp³-hybridized carbons (Fsp3) is 1.00. The van der Waals surface area contributed by atoms with E-state index in [1.54, 1.807) is 0 Å². The number of rotatable bonds is 2. The fourth-order valence-corrected chi connectivity index (χ4v) is 3.42. The van der Waals surface area contributed by atoms with Gasteiger partial charge in [0.05, 0.1) is 0 Å². The Kier molecular flexibility index (Phi) is 3.88. The first-order valence-electron chi connectivity index (χ1n) is 6.74. The van der Waals surface area contributed by atoms with Gasteiger partial charge in [0, 0.05) is 31.2 Å². The van der Waals surface area contributed by atoms with Crippen LogP contribution in [0.4, 0.5) is 0 Å². The van der Waals surface area contributed by atoms with E-state index in [-0.39, 0.29) is 0 Å². The van der Waals surface area contributed by atoms with E-state index in [0.717, 1.165) is 18.0 Å². The maximum absolute atomic E-state index is 5.97. The third kappa shape index (κ3) is 2.58. The molecule has 0 aromatic heterocycles. The molecule has 1 aliphatic carbocycles. The summed E-state index contributed by atoms with van der Waals surface area (Å²) in [7, 11) is 4.42. The van der Waals surface area contributed by atoms with Crippen LogP contribution in [0.1, 0.15) is 32.6 Å². The van der Waals surface area contributed by atoms with E-state index in [1.165, 1.54) is 38.8 Å². The normalized spacial score (nSPS) is 41.8. The molecule has 2 atom stereocenters. The summed E-state index contributed by atoms with van der Waals surface area (Å²) in [5.74, 6) is 0.811. The molecule has 1 aliphatic heterocycles. The first kappa shape index (κ1) is 12.3. The third-order valence-corrected chi connectivity index (χ3v) is 4.52. The molecule has 16 heavy (non-hydrogen) atoms. The summed E-state index contributed by atoms with van der Waals surface area (Å²) in [5.41, 5.74) is 5.97. The van der Waals surface area contributed by atoms with Gasteiger partial charge in [-0.2, -0.15) is 0 Å². The molecule has 2 aliphatic rings. The molecule has 1 heterocycles. The Balaban J connectivity index is 1.88. The summed E-state index contributed by atoms with van der Waals surface area (Å²) in [4.78, 5) is 5.10. The Labute approximate surface area is 100.0 Å². The first-order chi connectivity index (χ1) is 7.58. The summed E-state index contributed by atoms with van der Waals surface area (Å²) >= 11 is 0. The predicted molar refractivity (Wildman–Crippen MR) is 68.4 cm³/mol. The van der Waals surface area contributed by atoms with Crippen LogP contribution in [0.25, 0.3) is 0 Å². The SMILES string of the molecule is CC1CN(C2CCC(N)CC2)CC1N(C)C. The van der Waals surface area contributed by atoms with Gasteiger partial charge in [-0.25, -0.2) is 0 Å². The Morgan fingerprint density at radius 3 is 2.19 bits per heavy atom. The highest BCUT2D eigenvalue weighted by molar-refractivity contribution is 4.91. The van der Waals surface area contributed by atoms with Crippen molar-refractivity contribution in [3.05, 3.63) is 0 Å². The molecule has 0 radical (unpaired) electrons. The Morgan fingerprint density at radius 1 is 1.06 bits per heavy atom. The second-order valence-electron chi connectivity index (χ2n) is 6.03. The van der Waals surface area contributed by atoms with Crippen LogP contribution in [0.5, 0.6) is 0 Å². The minimum atomic E-state index is 0.473. The van der Waals surface area contributed by atoms with Crippen LogP contribution >= 0.6 is 0 Å². The molecule has 0 bridgehead atoms. The molecule has 2 rings (SSSR count). The average molecular weight is 225 g/mol. The lowest BCUT2D eigenvalue weighted by molar-refractivity contribution is 0.168. The van der Waals surface area contributed by atoms with Gasteiger partial charge < -0.3 is 10.6 Å². The number of likely N-dealkylation sites (tertiary alicyclic amines) is 1. The molecule has 0 amide bonds. The van der Waals surface area contributed by atoms with Crippen LogP contribution in [0.2, 0.25) is 0 Å². The highest BCUT2D eigenvalue weighted by Gasteiger charge is 2.35. The van der Waals surface area contributed by atoms with Crippen molar-refractivity contribution in [1.29, 1.82) is 0 Å². The van der Waals surface area contributed by atoms with Crippen LogP contribution in [0, 0.1) is 5.92 Å². The van der Waals surface area contributed by atoms with Gasteiger partial charge in [-0.3, -0.25) is 4.90 Å². The van der Waals surface area contributed by atoms with Crippen molar-refractivity contribution in [2.75, 3.05) is 27.2 Å². The minimum Gasteiger partial charge on any atom is -0.328 e. The van der Waals surface area contributed by atoms with Gasteiger partial charge in [0.25, 0.3) is 0 Å². The molecule has 3 heteroatoms. The predicted octanol–water partition coefficient (Wildman–Crippen LogP) is 1.14. The van der Waals surface area contributed by atoms with Gasteiger partial charge in [-0.15, -0.1) is 0 Å². The van der Waals surface area contributed by atoms with E-state index in [4.69, 9.17) is 5.73 Å². The molecular weight excluding hydrogens is 198 g/mol. The summed E-state index contributed by atoms with van der Waals surface area (Å²) in [6.45, 7) is 4.93. The zero-order valence-corrected chi connectivity index (χ0v) is 11.0. The molecule has 2 N–H and O–H groups in total. The molecule has 0 spiro atoms. The Hall–Kier alpha value is -0.120. The van der Waals surface area contributed by atoms with Gasteiger partial charge in [-0.05, 0) is 45.7 Å². The monoisotopic (exact) mass is 225 g/mol. The molecular formula is C13H27N3. The number of likely N-dealkylation sites (N-methyl/N-ethyl adjacent to an activating group) is 1. The lowest BCUT2D eigenvalue weighted by Gasteiger charge is -2.33. The molecule has 3 nitrogen and oxygen atoms in total. The maximum atomic E-state index is 5.97. The standard InChI is InChI=1S/C13H27N3/c1-10-8-16(9-13(10)15(2)3)12-6-4-11(14)5-7-12/h10-13H,4-9,14H2,1-3H3. The topological polar surface area (TPSA) is 32.5 Å². The lowest BCUT2D eigenvalue weighted by Crippen LogP contribution is -2.41. The maximum Gasteiger partial charge on any atom is 0.0254 e. The largest absolute Gasteiger partial charge is 0.328 e. The van der Waals surface area contributed by atoms with E-state index >= 15 is 0 Å². The molecule has 0 aromatic carbocycles. The molecule has 2 fully saturated rings. The second kappa shape index (κ2) is 5.03. The van der Waals surface area contributed by atoms with E-state index < -0.39 is 0 Å². The van der Waals surface area contributed by atoms with Crippen molar-refractivity contribution in [3.8, 4) is 0 Å². The average Bonchev–Trinajstić information content (AvgIpc) is 2.61. The van der Waals surface area contributed by atoms with E-state index in [2.05, 4.69) is 30.8 Å². The molecule has 0 aromatic rings. The lowest BCUT2D eigenvalue weighted by atomic mass is 9.91. The summed E-state index contributed by atoms with van der Waals surface area (Å²) < 4.78 is 0. The summed E-state index contributed by atoms with van der Waals surface area (Å²) in [6.07, 6.45) is 5.08. The molecule has 94 valence electrons. The van der Waals surface area contributed by atoms with Gasteiger partial charge >= 0.3 is 0 Å². The third-order valence-electron chi connectivity index (χ3n) is 4.52. The number of nitrogens with two attached hydrogens (primary N) is 1. The van der Waals surface area contributed by atoms with Crippen molar-refractivity contribution >= 4 is 0 Å². The zero-order chi connectivity index (χ0) is 11.7. The van der Waals surface area contributed by atoms with Crippen molar-refractivity contribution in [3.63, 3.8) is 0 Å². The highest BCUT2D eigenvalue weighted by atomic mass is 15.3. The van der Waals surface area contributed by atoms with Crippen LogP contribution in [-0.2, 0) is 0 Å². The van der Waals surface area contributed by atoms with Crippen molar-refractivity contribution in [2.45, 2.75) is 50.7 Å². The Bertz CT molecular complexity index is 221. The van der Waals surface area contributed by atoms with Gasteiger partial charge in [0.2, 0.25) is 0 Å². The number of hydrogen-bond acceptors (Lipinski definition) is 3. The van der Waals surface area contributed by atoms with E-state index in [1.807, 2.05) is 0 Å². The van der Waals surface area contributed by atoms with Gasteiger partial charge in [0.1, 0.15) is 0 Å². The van der Waals surface area contributed by atoms with Gasteiger partial charge in [0.15, 0.2) is 0 Å². The molecule has 1 saturated heterocycles. The van der Waals surface area contributed by atoms with Crippen LogP contribution in [-0.4, -0.2) is 55.1 Å². The van der Waals surface area contributed by atoms with Crippen molar-refractivity contribution < 1.29 is 0 Å². The van der Waals surface area contributed by atoms with Crippen LogP contribution in [0.15, 0.2) is 0 Å². The van der Waals surface area contributed by atoms with Crippen LogP contribution in [0.3, 0.4) is 0 Å². The molecule has 1 saturated carbocycles. The molecule has 2 unspecified atom stereocenters. The Morgan fingerprint density at radius 2 is 1.69 bits per heavy atom. The smallest absolute Gasteiger partial charge is 0.0254 e. The number of hydrogen-bond donors (Lipinski definition) is 1. The summed E-state index contributed by atoms with van der Waals surface area (Å²) in [5, 5.41) is 0. The first-order valence-corrected chi connectivity index (χ1v) is 6.74.